The van der Waals surface area contributed by atoms with Crippen molar-refractivity contribution in [3.63, 3.8) is 0 Å². The standard InChI is InChI=1S/C19H32N2O4/c1-15(2)20(3)13-17(22)14-25-19-11-16(5-6-18(19)23-4)12-21-7-9-24-10-8-21/h5-6,11,15,17,22H,7-10,12-14H2,1-4H3/t17-/m1/s1. The summed E-state index contributed by atoms with van der Waals surface area (Å²) in [5.41, 5.74) is 1.17. The molecular formula is C19H32N2O4. The lowest BCUT2D eigenvalue weighted by Gasteiger charge is -2.27. The molecule has 0 aliphatic carbocycles. The first-order chi connectivity index (χ1) is 12.0. The van der Waals surface area contributed by atoms with Crippen molar-refractivity contribution >= 4 is 0 Å². The highest BCUT2D eigenvalue weighted by Crippen LogP contribution is 2.29. The summed E-state index contributed by atoms with van der Waals surface area (Å²) in [5.74, 6) is 1.37. The molecule has 25 heavy (non-hydrogen) atoms. The van der Waals surface area contributed by atoms with Gasteiger partial charge in [0.15, 0.2) is 11.5 Å². The molecule has 1 aromatic carbocycles. The number of morpholine rings is 1. The highest BCUT2D eigenvalue weighted by molar-refractivity contribution is 5.43. The number of rotatable bonds is 9. The van der Waals surface area contributed by atoms with Gasteiger partial charge in [-0.2, -0.15) is 0 Å². The average molecular weight is 352 g/mol. The Labute approximate surface area is 151 Å². The molecule has 0 radical (unpaired) electrons. The normalized spacial score (nSPS) is 17.1. The minimum absolute atomic E-state index is 0.244. The van der Waals surface area contributed by atoms with E-state index in [0.717, 1.165) is 32.8 Å². The molecule has 1 aliphatic heterocycles. The maximum absolute atomic E-state index is 10.2. The average Bonchev–Trinajstić information content (AvgIpc) is 2.61. The van der Waals surface area contributed by atoms with Gasteiger partial charge >= 0.3 is 0 Å². The number of hydrogen-bond acceptors (Lipinski definition) is 6. The van der Waals surface area contributed by atoms with Gasteiger partial charge in [-0.3, -0.25) is 4.90 Å². The Kier molecular flexibility index (Phi) is 7.96. The SMILES string of the molecule is COc1ccc(CN2CCOCC2)cc1OC[C@H](O)CN(C)C(C)C. The Balaban J connectivity index is 1.94. The van der Waals surface area contributed by atoms with E-state index >= 15 is 0 Å². The van der Waals surface area contributed by atoms with Crippen LogP contribution in [0.3, 0.4) is 0 Å². The van der Waals surface area contributed by atoms with Crippen molar-refractivity contribution in [1.82, 2.24) is 9.80 Å². The van der Waals surface area contributed by atoms with Gasteiger partial charge in [0.1, 0.15) is 12.7 Å². The summed E-state index contributed by atoms with van der Waals surface area (Å²) in [6.45, 7) is 9.36. The van der Waals surface area contributed by atoms with Gasteiger partial charge in [-0.1, -0.05) is 6.07 Å². The van der Waals surface area contributed by atoms with E-state index in [1.807, 2.05) is 19.2 Å². The topological polar surface area (TPSA) is 54.4 Å². The van der Waals surface area contributed by atoms with Gasteiger partial charge in [-0.15, -0.1) is 0 Å². The second kappa shape index (κ2) is 9.97. The van der Waals surface area contributed by atoms with E-state index in [4.69, 9.17) is 14.2 Å². The van der Waals surface area contributed by atoms with E-state index in [1.165, 1.54) is 5.56 Å². The third kappa shape index (κ3) is 6.47. The summed E-state index contributed by atoms with van der Waals surface area (Å²) in [4.78, 5) is 4.46. The number of hydrogen-bond donors (Lipinski definition) is 1. The van der Waals surface area contributed by atoms with E-state index in [-0.39, 0.29) is 6.61 Å². The van der Waals surface area contributed by atoms with Crippen molar-refractivity contribution in [2.24, 2.45) is 0 Å². The maximum Gasteiger partial charge on any atom is 0.161 e. The van der Waals surface area contributed by atoms with Gasteiger partial charge in [-0.25, -0.2) is 0 Å². The van der Waals surface area contributed by atoms with Gasteiger partial charge in [-0.05, 0) is 38.6 Å². The Bertz CT molecular complexity index is 518. The fourth-order valence-electron chi connectivity index (χ4n) is 2.73. The first-order valence-corrected chi connectivity index (χ1v) is 8.97. The smallest absolute Gasteiger partial charge is 0.161 e. The number of methoxy groups -OCH3 is 1. The summed E-state index contributed by atoms with van der Waals surface area (Å²) in [6, 6.07) is 6.38. The van der Waals surface area contributed by atoms with Crippen LogP contribution in [0.2, 0.25) is 0 Å². The zero-order valence-corrected chi connectivity index (χ0v) is 15.9. The molecule has 0 spiro atoms. The van der Waals surface area contributed by atoms with E-state index in [2.05, 4.69) is 29.7 Å². The van der Waals surface area contributed by atoms with Gasteiger partial charge in [0, 0.05) is 32.2 Å². The van der Waals surface area contributed by atoms with Crippen LogP contribution >= 0.6 is 0 Å². The number of ether oxygens (including phenoxy) is 3. The van der Waals surface area contributed by atoms with Crippen LogP contribution in [0.25, 0.3) is 0 Å². The van der Waals surface area contributed by atoms with Crippen molar-refractivity contribution in [3.8, 4) is 11.5 Å². The first-order valence-electron chi connectivity index (χ1n) is 8.97. The van der Waals surface area contributed by atoms with Crippen LogP contribution in [0, 0.1) is 0 Å². The van der Waals surface area contributed by atoms with E-state index in [1.54, 1.807) is 7.11 Å². The third-order valence-electron chi connectivity index (χ3n) is 4.55. The van der Waals surface area contributed by atoms with Crippen LogP contribution in [0.4, 0.5) is 0 Å². The minimum Gasteiger partial charge on any atom is -0.493 e. The number of nitrogens with zero attached hydrogens (tertiary/aromatic N) is 2. The highest BCUT2D eigenvalue weighted by atomic mass is 16.5. The van der Waals surface area contributed by atoms with Gasteiger partial charge in [0.05, 0.1) is 20.3 Å². The second-order valence-electron chi connectivity index (χ2n) is 6.87. The Morgan fingerprint density at radius 2 is 1.96 bits per heavy atom. The summed E-state index contributed by atoms with van der Waals surface area (Å²) < 4.78 is 16.6. The van der Waals surface area contributed by atoms with Gasteiger partial charge in [0.25, 0.3) is 0 Å². The highest BCUT2D eigenvalue weighted by Gasteiger charge is 2.15. The fourth-order valence-corrected chi connectivity index (χ4v) is 2.73. The molecule has 1 saturated heterocycles. The molecule has 1 N–H and O–H groups in total. The van der Waals surface area contributed by atoms with Crippen molar-refractivity contribution < 1.29 is 19.3 Å². The third-order valence-corrected chi connectivity index (χ3v) is 4.55. The van der Waals surface area contributed by atoms with E-state index in [9.17, 15) is 5.11 Å². The summed E-state index contributed by atoms with van der Waals surface area (Å²) >= 11 is 0. The molecule has 1 aliphatic rings. The Hall–Kier alpha value is -1.34. The molecule has 1 aromatic rings. The van der Waals surface area contributed by atoms with Crippen molar-refractivity contribution in [2.75, 3.05) is 53.6 Å². The second-order valence-corrected chi connectivity index (χ2v) is 6.87. The van der Waals surface area contributed by atoms with Crippen LogP contribution in [0.5, 0.6) is 11.5 Å². The van der Waals surface area contributed by atoms with Crippen molar-refractivity contribution in [2.45, 2.75) is 32.5 Å². The lowest BCUT2D eigenvalue weighted by Crippen LogP contribution is -2.37. The lowest BCUT2D eigenvalue weighted by molar-refractivity contribution is 0.0341. The fraction of sp³-hybridized carbons (Fsp3) is 0.684. The Morgan fingerprint density at radius 1 is 1.24 bits per heavy atom. The van der Waals surface area contributed by atoms with E-state index in [0.29, 0.717) is 24.1 Å². The molecular weight excluding hydrogens is 320 g/mol. The summed E-state index contributed by atoms with van der Waals surface area (Å²) in [7, 11) is 3.63. The van der Waals surface area contributed by atoms with Crippen LogP contribution < -0.4 is 9.47 Å². The molecule has 1 fully saturated rings. The molecule has 0 amide bonds. The lowest BCUT2D eigenvalue weighted by atomic mass is 10.2. The Morgan fingerprint density at radius 3 is 2.60 bits per heavy atom. The number of benzene rings is 1. The molecule has 0 unspecified atom stereocenters. The van der Waals surface area contributed by atoms with Crippen molar-refractivity contribution in [1.29, 1.82) is 0 Å². The molecule has 142 valence electrons. The van der Waals surface area contributed by atoms with Crippen molar-refractivity contribution in [3.05, 3.63) is 23.8 Å². The first kappa shape index (κ1) is 20.0. The molecule has 6 heteroatoms. The van der Waals surface area contributed by atoms with Crippen LogP contribution in [-0.2, 0) is 11.3 Å². The van der Waals surface area contributed by atoms with Gasteiger partial charge in [0.2, 0.25) is 0 Å². The van der Waals surface area contributed by atoms with E-state index < -0.39 is 6.10 Å². The predicted molar refractivity (Wildman–Crippen MR) is 98.4 cm³/mol. The summed E-state index contributed by atoms with van der Waals surface area (Å²) in [5, 5.41) is 10.2. The zero-order valence-electron chi connectivity index (χ0n) is 15.9. The van der Waals surface area contributed by atoms with Gasteiger partial charge < -0.3 is 24.2 Å². The largest absolute Gasteiger partial charge is 0.493 e. The number of likely N-dealkylation sites (N-methyl/N-ethyl adjacent to an activating group) is 1. The quantitative estimate of drug-likeness (QED) is 0.729. The van der Waals surface area contributed by atoms with Crippen LogP contribution in [-0.4, -0.2) is 80.7 Å². The number of aliphatic hydroxyl groups excluding tert-OH is 1. The molecule has 2 rings (SSSR count). The molecule has 1 heterocycles. The van der Waals surface area contributed by atoms with Crippen LogP contribution in [0.1, 0.15) is 19.4 Å². The summed E-state index contributed by atoms with van der Waals surface area (Å²) in [6.07, 6.45) is -0.542. The minimum atomic E-state index is -0.542. The molecule has 6 nitrogen and oxygen atoms in total. The molecule has 0 aromatic heterocycles. The monoisotopic (exact) mass is 352 g/mol. The predicted octanol–water partition coefficient (Wildman–Crippen LogP) is 1.61. The molecule has 1 atom stereocenters. The van der Waals surface area contributed by atoms with Crippen LogP contribution in [0.15, 0.2) is 18.2 Å². The molecule has 0 bridgehead atoms. The molecule has 0 saturated carbocycles. The number of aliphatic hydroxyl groups is 1. The maximum atomic E-state index is 10.2. The zero-order chi connectivity index (χ0) is 18.2.